The van der Waals surface area contributed by atoms with Crippen molar-refractivity contribution < 1.29 is 0 Å². The Hall–Kier alpha value is -2.92. The number of rotatable bonds is 3. The molecule has 0 atom stereocenters. The molecule has 3 aromatic rings. The molecule has 0 amide bonds. The predicted octanol–water partition coefficient (Wildman–Crippen LogP) is 4.24. The molecule has 0 saturated heterocycles. The minimum atomic E-state index is 0.727. The van der Waals surface area contributed by atoms with E-state index >= 15 is 0 Å². The molecule has 0 saturated carbocycles. The maximum absolute atomic E-state index is 5.89. The average molecular weight is 346 g/mol. The molecule has 0 unspecified atom stereocenters. The number of hydrogen-bond acceptors (Lipinski definition) is 4. The summed E-state index contributed by atoms with van der Waals surface area (Å²) < 4.78 is 1.59. The standard InChI is InChI=1S/C20H18N4S/c1-14-5-6-18(13-23(14)12-15-3-2-4-19(21)9-15)16-7-8-17-11-22-24(25)20(17)10-16/h2-11,13,25H,1,12,21H2. The van der Waals surface area contributed by atoms with Crippen LogP contribution in [0.1, 0.15) is 11.1 Å². The average Bonchev–Trinajstić information content (AvgIpc) is 2.98. The molecule has 0 fully saturated rings. The second-order valence-electron chi connectivity index (χ2n) is 6.09. The van der Waals surface area contributed by atoms with Crippen LogP contribution in [0.4, 0.5) is 5.69 Å². The number of benzene rings is 2. The summed E-state index contributed by atoms with van der Waals surface area (Å²) in [5.74, 6) is 0. The molecular weight excluding hydrogens is 328 g/mol. The molecule has 1 aromatic heterocycles. The molecule has 0 bridgehead atoms. The summed E-state index contributed by atoms with van der Waals surface area (Å²) in [4.78, 5) is 2.13. The fourth-order valence-electron chi connectivity index (χ4n) is 2.97. The van der Waals surface area contributed by atoms with Gasteiger partial charge >= 0.3 is 0 Å². The summed E-state index contributed by atoms with van der Waals surface area (Å²) in [5.41, 5.74) is 12.0. The fourth-order valence-corrected chi connectivity index (χ4v) is 3.19. The largest absolute Gasteiger partial charge is 0.399 e. The molecule has 124 valence electrons. The van der Waals surface area contributed by atoms with Crippen LogP contribution in [0.3, 0.4) is 0 Å². The Morgan fingerprint density at radius 3 is 2.84 bits per heavy atom. The van der Waals surface area contributed by atoms with Crippen molar-refractivity contribution in [3.63, 3.8) is 0 Å². The highest BCUT2D eigenvalue weighted by molar-refractivity contribution is 7.78. The number of nitrogen functional groups attached to an aromatic ring is 1. The Kier molecular flexibility index (Phi) is 3.86. The number of aromatic nitrogens is 2. The van der Waals surface area contributed by atoms with Crippen molar-refractivity contribution in [3.05, 3.63) is 90.4 Å². The first-order valence-electron chi connectivity index (χ1n) is 7.97. The summed E-state index contributed by atoms with van der Waals surface area (Å²) in [6.07, 6.45) is 8.04. The summed E-state index contributed by atoms with van der Waals surface area (Å²) in [5, 5.41) is 5.25. The zero-order chi connectivity index (χ0) is 17.4. The first-order valence-corrected chi connectivity index (χ1v) is 8.37. The van der Waals surface area contributed by atoms with E-state index < -0.39 is 0 Å². The third-order valence-corrected chi connectivity index (χ3v) is 4.63. The summed E-state index contributed by atoms with van der Waals surface area (Å²) in [6.45, 7) is 4.86. The Labute approximate surface area is 152 Å². The van der Waals surface area contributed by atoms with Crippen molar-refractivity contribution in [1.82, 2.24) is 14.1 Å². The smallest absolute Gasteiger partial charge is 0.0814 e. The van der Waals surface area contributed by atoms with Gasteiger partial charge in [0.2, 0.25) is 0 Å². The van der Waals surface area contributed by atoms with Gasteiger partial charge in [-0.2, -0.15) is 5.10 Å². The van der Waals surface area contributed by atoms with Gasteiger partial charge in [0.25, 0.3) is 0 Å². The van der Waals surface area contributed by atoms with E-state index in [1.807, 2.05) is 30.5 Å². The summed E-state index contributed by atoms with van der Waals surface area (Å²) in [6, 6.07) is 14.2. The predicted molar refractivity (Wildman–Crippen MR) is 107 cm³/mol. The lowest BCUT2D eigenvalue weighted by Gasteiger charge is -2.25. The van der Waals surface area contributed by atoms with Gasteiger partial charge in [0.05, 0.1) is 11.7 Å². The van der Waals surface area contributed by atoms with E-state index in [2.05, 4.69) is 65.9 Å². The van der Waals surface area contributed by atoms with Crippen LogP contribution in [0.15, 0.2) is 79.3 Å². The molecule has 4 rings (SSSR count). The number of anilines is 1. The van der Waals surface area contributed by atoms with E-state index in [-0.39, 0.29) is 0 Å². The second kappa shape index (κ2) is 6.18. The molecule has 0 radical (unpaired) electrons. The van der Waals surface area contributed by atoms with Gasteiger partial charge in [0, 0.05) is 29.5 Å². The number of fused-ring (bicyclic) bond motifs is 1. The van der Waals surface area contributed by atoms with Gasteiger partial charge in [-0.1, -0.05) is 36.9 Å². The fraction of sp³-hybridized carbons (Fsp3) is 0.0500. The van der Waals surface area contributed by atoms with Crippen LogP contribution in [-0.4, -0.2) is 14.1 Å². The Morgan fingerprint density at radius 1 is 1.12 bits per heavy atom. The van der Waals surface area contributed by atoms with Crippen molar-refractivity contribution in [2.45, 2.75) is 6.54 Å². The first kappa shape index (κ1) is 15.6. The molecule has 4 nitrogen and oxygen atoms in total. The quantitative estimate of drug-likeness (QED) is 0.551. The van der Waals surface area contributed by atoms with Crippen LogP contribution in [-0.2, 0) is 6.54 Å². The van der Waals surface area contributed by atoms with E-state index in [0.717, 1.165) is 45.5 Å². The monoisotopic (exact) mass is 346 g/mol. The van der Waals surface area contributed by atoms with Gasteiger partial charge in [-0.3, -0.25) is 0 Å². The van der Waals surface area contributed by atoms with Gasteiger partial charge in [-0.25, -0.2) is 4.09 Å². The number of nitrogens with zero attached hydrogens (tertiary/aromatic N) is 3. The van der Waals surface area contributed by atoms with Crippen LogP contribution in [0.25, 0.3) is 16.5 Å². The van der Waals surface area contributed by atoms with E-state index in [1.54, 1.807) is 4.09 Å². The van der Waals surface area contributed by atoms with E-state index in [9.17, 15) is 0 Å². The van der Waals surface area contributed by atoms with Gasteiger partial charge in [0.1, 0.15) is 0 Å². The van der Waals surface area contributed by atoms with E-state index in [0.29, 0.717) is 0 Å². The summed E-state index contributed by atoms with van der Waals surface area (Å²) in [7, 11) is 0. The highest BCUT2D eigenvalue weighted by atomic mass is 32.1. The second-order valence-corrected chi connectivity index (χ2v) is 6.47. The summed E-state index contributed by atoms with van der Waals surface area (Å²) >= 11 is 4.35. The number of nitrogens with two attached hydrogens (primary N) is 1. The lowest BCUT2D eigenvalue weighted by molar-refractivity contribution is 0.474. The zero-order valence-electron chi connectivity index (χ0n) is 13.6. The number of allylic oxidation sites excluding steroid dienone is 3. The molecular formula is C20H18N4S. The van der Waals surface area contributed by atoms with Gasteiger partial charge in [0.15, 0.2) is 0 Å². The minimum Gasteiger partial charge on any atom is -0.399 e. The van der Waals surface area contributed by atoms with Crippen LogP contribution in [0, 0.1) is 0 Å². The van der Waals surface area contributed by atoms with E-state index in [4.69, 9.17) is 5.73 Å². The molecule has 2 aromatic carbocycles. The topological polar surface area (TPSA) is 47.1 Å². The number of hydrogen-bond donors (Lipinski definition) is 2. The molecule has 0 aliphatic carbocycles. The molecule has 1 aliphatic rings. The Bertz CT molecular complexity index is 1030. The first-order chi connectivity index (χ1) is 12.1. The van der Waals surface area contributed by atoms with Crippen molar-refractivity contribution >= 4 is 35.0 Å². The SMILES string of the molecule is C=C1C=CC(c2ccc3cnn(S)c3c2)=CN1Cc1cccc(N)c1. The molecule has 1 aliphatic heterocycles. The van der Waals surface area contributed by atoms with Crippen LogP contribution in [0.2, 0.25) is 0 Å². The lowest BCUT2D eigenvalue weighted by atomic mass is 10.0. The number of thiol groups is 1. The normalized spacial score (nSPS) is 14.2. The highest BCUT2D eigenvalue weighted by Crippen LogP contribution is 2.28. The lowest BCUT2D eigenvalue weighted by Crippen LogP contribution is -2.17. The van der Waals surface area contributed by atoms with Crippen molar-refractivity contribution in [1.29, 1.82) is 0 Å². The van der Waals surface area contributed by atoms with Crippen molar-refractivity contribution in [2.75, 3.05) is 5.73 Å². The van der Waals surface area contributed by atoms with Crippen LogP contribution < -0.4 is 5.73 Å². The van der Waals surface area contributed by atoms with E-state index in [1.165, 1.54) is 0 Å². The maximum atomic E-state index is 5.89. The third-order valence-electron chi connectivity index (χ3n) is 4.31. The molecule has 25 heavy (non-hydrogen) atoms. The highest BCUT2D eigenvalue weighted by Gasteiger charge is 2.12. The molecule has 2 heterocycles. The minimum absolute atomic E-state index is 0.727. The van der Waals surface area contributed by atoms with Crippen molar-refractivity contribution in [3.8, 4) is 0 Å². The maximum Gasteiger partial charge on any atom is 0.0814 e. The third kappa shape index (κ3) is 3.06. The van der Waals surface area contributed by atoms with Crippen LogP contribution >= 0.6 is 12.8 Å². The Morgan fingerprint density at radius 2 is 2.00 bits per heavy atom. The van der Waals surface area contributed by atoms with Gasteiger partial charge in [-0.15, -0.1) is 0 Å². The molecule has 5 heteroatoms. The Balaban J connectivity index is 1.67. The van der Waals surface area contributed by atoms with Crippen LogP contribution in [0.5, 0.6) is 0 Å². The zero-order valence-corrected chi connectivity index (χ0v) is 14.5. The van der Waals surface area contributed by atoms with Gasteiger partial charge in [-0.05, 0) is 53.8 Å². The molecule has 0 spiro atoms. The van der Waals surface area contributed by atoms with Crippen molar-refractivity contribution in [2.24, 2.45) is 0 Å². The van der Waals surface area contributed by atoms with Gasteiger partial charge < -0.3 is 10.6 Å². The molecule has 2 N–H and O–H groups in total.